The van der Waals surface area contributed by atoms with Crippen LogP contribution in [0, 0.1) is 6.92 Å². The molecule has 1 aliphatic rings. The number of thiocarbonyl (C=S) groups is 1. The number of aliphatic carboxylic acids is 8. The molecule has 1 saturated heterocycles. The third kappa shape index (κ3) is 40.1. The highest BCUT2D eigenvalue weighted by atomic mass is 32.1. The van der Waals surface area contributed by atoms with E-state index in [1.165, 1.54) is 0 Å². The maximum atomic E-state index is 13.9. The van der Waals surface area contributed by atoms with Gasteiger partial charge >= 0.3 is 53.8 Å². The smallest absolute Gasteiger partial charge is 0.326 e. The number of hydrogen-bond acceptors (Lipinski definition) is 18. The van der Waals surface area contributed by atoms with Crippen LogP contribution in [0.4, 0.5) is 10.5 Å². The van der Waals surface area contributed by atoms with Crippen molar-refractivity contribution in [2.45, 2.75) is 172 Å². The second kappa shape index (κ2) is 48.6. The number of carbonyl (C=O) groups is 13. The van der Waals surface area contributed by atoms with E-state index in [-0.39, 0.29) is 115 Å². The first-order valence-corrected chi connectivity index (χ1v) is 34.5. The molecule has 33 nitrogen and oxygen atoms in total. The van der Waals surface area contributed by atoms with Gasteiger partial charge in [0.05, 0.1) is 26.2 Å². The highest BCUT2D eigenvalue weighted by Gasteiger charge is 2.30. The summed E-state index contributed by atoms with van der Waals surface area (Å²) in [6.45, 7) is 2.43. The molecule has 0 bridgehead atoms. The van der Waals surface area contributed by atoms with Gasteiger partial charge in [0, 0.05) is 103 Å². The van der Waals surface area contributed by atoms with Crippen molar-refractivity contribution in [1.82, 2.24) is 56.8 Å². The zero-order valence-electron chi connectivity index (χ0n) is 57.3. The Morgan fingerprint density at radius 2 is 0.871 bits per heavy atom. The maximum absolute atomic E-state index is 13.9. The molecule has 562 valence electrons. The molecule has 3 rings (SSSR count). The van der Waals surface area contributed by atoms with Crippen LogP contribution in [0.25, 0.3) is 0 Å². The van der Waals surface area contributed by atoms with Crippen molar-refractivity contribution in [2.75, 3.05) is 96.9 Å². The van der Waals surface area contributed by atoms with Crippen LogP contribution < -0.4 is 42.5 Å². The van der Waals surface area contributed by atoms with Crippen molar-refractivity contribution in [3.05, 3.63) is 65.2 Å². The number of hydrogen-bond donors (Lipinski definition) is 16. The number of carbonyl (C=O) groups excluding carboxylic acids is 5. The van der Waals surface area contributed by atoms with Crippen LogP contribution >= 0.6 is 12.2 Å². The minimum absolute atomic E-state index is 0.0471. The van der Waals surface area contributed by atoms with Crippen LogP contribution in [0.2, 0.25) is 0 Å². The molecular weight excluding hydrogens is 1340 g/mol. The molecule has 1 unspecified atom stereocenters. The first kappa shape index (κ1) is 86.1. The van der Waals surface area contributed by atoms with E-state index in [0.29, 0.717) is 95.8 Å². The van der Waals surface area contributed by atoms with E-state index in [0.717, 1.165) is 23.1 Å². The van der Waals surface area contributed by atoms with Crippen molar-refractivity contribution < 1.29 is 103 Å². The molecule has 34 heteroatoms. The number of anilines is 1. The van der Waals surface area contributed by atoms with Gasteiger partial charge in [-0.1, -0.05) is 74.1 Å². The molecule has 2 aromatic carbocycles. The quantitative estimate of drug-likeness (QED) is 0.0333. The molecule has 0 saturated carbocycles. The summed E-state index contributed by atoms with van der Waals surface area (Å²) in [5, 5.41) is 98.4. The van der Waals surface area contributed by atoms with Gasteiger partial charge in [-0.25, -0.2) is 19.2 Å². The third-order valence-corrected chi connectivity index (χ3v) is 16.9. The lowest BCUT2D eigenvalue weighted by Crippen LogP contribution is -2.53. The number of urea groups is 1. The van der Waals surface area contributed by atoms with Gasteiger partial charge in [0.25, 0.3) is 0 Å². The molecule has 6 amide bonds. The van der Waals surface area contributed by atoms with Crippen molar-refractivity contribution >= 4 is 100 Å². The number of nitrogens with zero attached hydrogens (tertiary/aromatic N) is 4. The molecule has 0 aliphatic carbocycles. The van der Waals surface area contributed by atoms with Crippen molar-refractivity contribution in [3.63, 3.8) is 0 Å². The van der Waals surface area contributed by atoms with Crippen molar-refractivity contribution in [3.8, 4) is 0 Å². The minimum Gasteiger partial charge on any atom is -0.481 e. The normalized spacial score (nSPS) is 15.3. The molecule has 1 heterocycles. The zero-order chi connectivity index (χ0) is 74.7. The van der Waals surface area contributed by atoms with Gasteiger partial charge in [-0.2, -0.15) is 0 Å². The Balaban J connectivity index is 1.58. The number of amides is 6. The lowest BCUT2D eigenvalue weighted by atomic mass is 10.0. The summed E-state index contributed by atoms with van der Waals surface area (Å²) in [5.74, 6) is -11.7. The second-order valence-electron chi connectivity index (χ2n) is 25.1. The largest absolute Gasteiger partial charge is 0.481 e. The predicted octanol–water partition coefficient (Wildman–Crippen LogP) is 1.98. The summed E-state index contributed by atoms with van der Waals surface area (Å²) >= 11 is 5.59. The van der Waals surface area contributed by atoms with E-state index in [9.17, 15) is 98.1 Å². The average molecular weight is 1440 g/mol. The molecular formula is C67H102N12O21S. The summed E-state index contributed by atoms with van der Waals surface area (Å²) in [4.78, 5) is 165. The van der Waals surface area contributed by atoms with E-state index in [4.69, 9.17) is 17.3 Å². The van der Waals surface area contributed by atoms with Crippen LogP contribution in [0.3, 0.4) is 0 Å². The number of aryl methyl sites for hydroxylation is 2. The summed E-state index contributed by atoms with van der Waals surface area (Å²) in [5.41, 5.74) is 3.65. The molecule has 5 atom stereocenters. The van der Waals surface area contributed by atoms with Crippen LogP contribution in [-0.2, 0) is 70.4 Å². The van der Waals surface area contributed by atoms with Crippen molar-refractivity contribution in [1.29, 1.82) is 0 Å². The zero-order valence-corrected chi connectivity index (χ0v) is 58.2. The van der Waals surface area contributed by atoms with E-state index in [1.807, 2.05) is 36.5 Å². The third-order valence-electron chi connectivity index (χ3n) is 16.6. The number of carboxylic acid groups (broad SMARTS) is 8. The van der Waals surface area contributed by atoms with Crippen molar-refractivity contribution in [2.24, 2.45) is 0 Å². The molecule has 1 aliphatic heterocycles. The van der Waals surface area contributed by atoms with Gasteiger partial charge in [0.15, 0.2) is 5.11 Å². The van der Waals surface area contributed by atoms with E-state index in [2.05, 4.69) is 37.2 Å². The molecule has 2 aromatic rings. The summed E-state index contributed by atoms with van der Waals surface area (Å²) in [6.07, 6.45) is 6.09. The Labute approximate surface area is 592 Å². The molecule has 0 radical (unpaired) electrons. The Kier molecular flexibility index (Phi) is 41.4. The van der Waals surface area contributed by atoms with Gasteiger partial charge in [0.2, 0.25) is 23.6 Å². The van der Waals surface area contributed by atoms with Gasteiger partial charge in [0.1, 0.15) is 24.2 Å². The van der Waals surface area contributed by atoms with Gasteiger partial charge < -0.3 is 83.4 Å². The molecule has 0 aromatic heterocycles. The number of benzene rings is 2. The Hall–Kier alpha value is -9.12. The molecule has 1 fully saturated rings. The Morgan fingerprint density at radius 3 is 1.44 bits per heavy atom. The first-order chi connectivity index (χ1) is 48.0. The van der Waals surface area contributed by atoms with E-state index >= 15 is 0 Å². The monoisotopic (exact) mass is 1440 g/mol. The summed E-state index contributed by atoms with van der Waals surface area (Å²) in [7, 11) is 0. The fraction of sp³-hybridized carbons (Fsp3) is 0.612. The Bertz CT molecular complexity index is 3020. The number of nitrogens with one attached hydrogen (secondary N) is 8. The fourth-order valence-electron chi connectivity index (χ4n) is 11.1. The maximum Gasteiger partial charge on any atom is 0.326 e. The average Bonchev–Trinajstić information content (AvgIpc) is 0.885. The van der Waals surface area contributed by atoms with Crippen LogP contribution in [0.1, 0.15) is 139 Å². The van der Waals surface area contributed by atoms with E-state index in [1.54, 1.807) is 43.9 Å². The predicted molar refractivity (Wildman–Crippen MR) is 372 cm³/mol. The summed E-state index contributed by atoms with van der Waals surface area (Å²) < 4.78 is 0. The summed E-state index contributed by atoms with van der Waals surface area (Å²) in [6, 6.07) is 8.00. The van der Waals surface area contributed by atoms with Crippen LogP contribution in [-0.4, -0.2) is 265 Å². The van der Waals surface area contributed by atoms with Gasteiger partial charge in [-0.05, 0) is 119 Å². The SMILES string of the molecule is Cc1ccc(CCCC(=O)NCCCCC[C@H](NC(=O)[C@H](CCCCNC(=S)Nc2ccc(CC3CN(CC(=O)O)CCN(CC(=O)O)CCN(CC(=O)O)CCN3CC(=O)O)cc2)NC(=O)CCCCCCCNC(=O)CC[C@H](NC(=O)N[C@@H](CCC(=O)O)C(=O)O)C(=O)O)C(=O)O)cc1. The highest BCUT2D eigenvalue weighted by Crippen LogP contribution is 2.18. The lowest BCUT2D eigenvalue weighted by molar-refractivity contribution is -0.142. The minimum atomic E-state index is -1.59. The highest BCUT2D eigenvalue weighted by molar-refractivity contribution is 7.80. The van der Waals surface area contributed by atoms with Gasteiger partial charge in [-0.3, -0.25) is 62.8 Å². The first-order valence-electron chi connectivity index (χ1n) is 34.1. The molecule has 101 heavy (non-hydrogen) atoms. The van der Waals surface area contributed by atoms with E-state index < -0.39 is 128 Å². The number of unbranched alkanes of at least 4 members (excludes halogenated alkanes) is 7. The van der Waals surface area contributed by atoms with Gasteiger partial charge in [-0.15, -0.1) is 0 Å². The number of carboxylic acids is 8. The van der Waals surface area contributed by atoms with Crippen LogP contribution in [0.5, 0.6) is 0 Å². The standard InChI is InChI=1S/C67H102N12O21S/c1-45-18-20-46(21-19-45)13-12-17-54(80)68-31-10-5-6-15-51(63(94)95)73-62(93)50(72-56(82)16-7-3-2-4-9-30-69-55(81)28-26-52(64(96)97)74-66(100)75-53(65(98)99)27-29-57(83)84)14-8-11-32-70-67(101)71-48-24-22-47(23-25-48)39-49-40-78(43-60(89)90)36-35-76(41-58(85)86)33-34-77(42-59(87)88)37-38-79(49)44-61(91)92/h18-25,49-53H,2-17,26-44H2,1H3,(H,68,80)(H,69,81)(H,72,82)(H,73,93)(H,83,84)(H,85,86)(H,87,88)(H,89,90)(H,91,92)(H,94,95)(H,96,97)(H,98,99)(H2,70,71,101)(H2,74,75,100)/t49?,50-,51-,52-,53-/m0/s1. The Morgan fingerprint density at radius 1 is 0.426 bits per heavy atom. The number of rotatable bonds is 48. The molecule has 16 N–H and O–H groups in total. The second-order valence-corrected chi connectivity index (χ2v) is 25.5. The van der Waals surface area contributed by atoms with Crippen LogP contribution in [0.15, 0.2) is 48.5 Å². The fourth-order valence-corrected chi connectivity index (χ4v) is 11.3. The molecule has 0 spiro atoms. The topological polar surface area (TPSA) is 493 Å². The lowest BCUT2D eigenvalue weighted by Gasteiger charge is -2.37.